The molecule has 5 nitrogen and oxygen atoms in total. The van der Waals surface area contributed by atoms with Gasteiger partial charge in [0, 0.05) is 11.4 Å². The number of hydrogen-bond donors (Lipinski definition) is 2. The van der Waals surface area contributed by atoms with Gasteiger partial charge in [0.2, 0.25) is 0 Å². The Kier molecular flexibility index (Phi) is 3.73. The monoisotopic (exact) mass is 285 g/mol. The lowest BCUT2D eigenvalue weighted by Crippen LogP contribution is -2.24. The fraction of sp³-hybridized carbons (Fsp3) is 0.438. The maximum absolute atomic E-state index is 11.0. The summed E-state index contributed by atoms with van der Waals surface area (Å²) in [6.07, 6.45) is 6.63. The number of carboxylic acid groups (broad SMARTS) is 1. The third kappa shape index (κ3) is 2.82. The summed E-state index contributed by atoms with van der Waals surface area (Å²) in [4.78, 5) is 19.5. The summed E-state index contributed by atoms with van der Waals surface area (Å²) in [5, 5.41) is 13.4. The predicted octanol–water partition coefficient (Wildman–Crippen LogP) is 3.32. The van der Waals surface area contributed by atoms with E-state index < -0.39 is 5.97 Å². The van der Waals surface area contributed by atoms with Gasteiger partial charge in [0.25, 0.3) is 0 Å². The van der Waals surface area contributed by atoms with Crippen molar-refractivity contribution >= 4 is 22.7 Å². The Morgan fingerprint density at radius 2 is 2.10 bits per heavy atom. The average Bonchev–Trinajstić information content (AvgIpc) is 3.01. The Labute approximate surface area is 123 Å². The standard InChI is InChI=1S/C16H19N3O2/c1-10(11-4-2-3-5-11)19-15-13-7-6-12(16(20)21)8-14(13)17-9-18-15/h6-11H,2-5H2,1H3,(H,20,21)(H,17,18,19). The molecule has 1 aromatic heterocycles. The van der Waals surface area contributed by atoms with Crippen LogP contribution in [0.25, 0.3) is 10.9 Å². The fourth-order valence-corrected chi connectivity index (χ4v) is 3.10. The number of anilines is 1. The van der Waals surface area contributed by atoms with Crippen LogP contribution in [-0.2, 0) is 0 Å². The number of benzene rings is 1. The highest BCUT2D eigenvalue weighted by molar-refractivity contribution is 5.96. The van der Waals surface area contributed by atoms with Gasteiger partial charge >= 0.3 is 5.97 Å². The van der Waals surface area contributed by atoms with Crippen molar-refractivity contribution in [3.63, 3.8) is 0 Å². The second-order valence-corrected chi connectivity index (χ2v) is 5.74. The molecule has 3 rings (SSSR count). The topological polar surface area (TPSA) is 75.1 Å². The molecule has 21 heavy (non-hydrogen) atoms. The molecule has 0 radical (unpaired) electrons. The number of fused-ring (bicyclic) bond motifs is 1. The normalized spacial score (nSPS) is 17.0. The zero-order valence-corrected chi connectivity index (χ0v) is 12.0. The highest BCUT2D eigenvalue weighted by Crippen LogP contribution is 2.30. The number of nitrogens with zero attached hydrogens (tertiary/aromatic N) is 2. The molecule has 0 bridgehead atoms. The van der Waals surface area contributed by atoms with Gasteiger partial charge in [-0.05, 0) is 43.9 Å². The molecule has 1 heterocycles. The summed E-state index contributed by atoms with van der Waals surface area (Å²) in [7, 11) is 0. The number of rotatable bonds is 4. The SMILES string of the molecule is CC(Nc1ncnc2cc(C(=O)O)ccc12)C1CCCC1. The predicted molar refractivity (Wildman–Crippen MR) is 81.5 cm³/mol. The highest BCUT2D eigenvalue weighted by atomic mass is 16.4. The molecule has 5 heteroatoms. The number of nitrogens with one attached hydrogen (secondary N) is 1. The van der Waals surface area contributed by atoms with E-state index >= 15 is 0 Å². The summed E-state index contributed by atoms with van der Waals surface area (Å²) < 4.78 is 0. The van der Waals surface area contributed by atoms with Gasteiger partial charge in [0.05, 0.1) is 11.1 Å². The van der Waals surface area contributed by atoms with Crippen molar-refractivity contribution in [2.24, 2.45) is 5.92 Å². The molecule has 0 saturated heterocycles. The number of aromatic carboxylic acids is 1. The second-order valence-electron chi connectivity index (χ2n) is 5.74. The molecule has 0 spiro atoms. The van der Waals surface area contributed by atoms with E-state index in [1.54, 1.807) is 18.2 Å². The van der Waals surface area contributed by atoms with E-state index in [0.29, 0.717) is 17.5 Å². The van der Waals surface area contributed by atoms with Crippen molar-refractivity contribution in [1.29, 1.82) is 0 Å². The first-order valence-electron chi connectivity index (χ1n) is 7.40. The summed E-state index contributed by atoms with van der Waals surface area (Å²) in [6.45, 7) is 2.19. The molecule has 1 atom stereocenters. The Morgan fingerprint density at radius 1 is 1.33 bits per heavy atom. The molecule has 110 valence electrons. The molecule has 2 aromatic rings. The van der Waals surface area contributed by atoms with Crippen LogP contribution >= 0.6 is 0 Å². The summed E-state index contributed by atoms with van der Waals surface area (Å²) in [5.74, 6) is 0.536. The van der Waals surface area contributed by atoms with E-state index in [9.17, 15) is 4.79 Å². The molecule has 1 fully saturated rings. The lowest BCUT2D eigenvalue weighted by molar-refractivity contribution is 0.0697. The third-order valence-electron chi connectivity index (χ3n) is 4.35. The van der Waals surface area contributed by atoms with Gasteiger partial charge < -0.3 is 10.4 Å². The minimum Gasteiger partial charge on any atom is -0.478 e. The Hall–Kier alpha value is -2.17. The van der Waals surface area contributed by atoms with E-state index in [-0.39, 0.29) is 5.56 Å². The lowest BCUT2D eigenvalue weighted by atomic mass is 9.99. The van der Waals surface area contributed by atoms with Gasteiger partial charge in [0.1, 0.15) is 12.1 Å². The Morgan fingerprint density at radius 3 is 2.81 bits per heavy atom. The van der Waals surface area contributed by atoms with Gasteiger partial charge in [-0.2, -0.15) is 0 Å². The van der Waals surface area contributed by atoms with Crippen molar-refractivity contribution in [3.05, 3.63) is 30.1 Å². The van der Waals surface area contributed by atoms with E-state index in [1.165, 1.54) is 32.0 Å². The van der Waals surface area contributed by atoms with Gasteiger partial charge in [-0.3, -0.25) is 0 Å². The van der Waals surface area contributed by atoms with Crippen LogP contribution in [0.5, 0.6) is 0 Å². The summed E-state index contributed by atoms with van der Waals surface area (Å²) in [5.41, 5.74) is 0.905. The number of aromatic nitrogens is 2. The van der Waals surface area contributed by atoms with Gasteiger partial charge in [-0.1, -0.05) is 12.8 Å². The Bertz CT molecular complexity index is 666. The molecule has 1 saturated carbocycles. The third-order valence-corrected chi connectivity index (χ3v) is 4.35. The Balaban J connectivity index is 1.89. The molecule has 0 amide bonds. The minimum absolute atomic E-state index is 0.246. The number of carboxylic acids is 1. The fourth-order valence-electron chi connectivity index (χ4n) is 3.10. The maximum atomic E-state index is 11.0. The van der Waals surface area contributed by atoms with Crippen LogP contribution < -0.4 is 5.32 Å². The van der Waals surface area contributed by atoms with E-state index in [4.69, 9.17) is 5.11 Å². The first-order chi connectivity index (χ1) is 10.1. The molecule has 0 aliphatic heterocycles. The summed E-state index contributed by atoms with van der Waals surface area (Å²) in [6, 6.07) is 5.33. The van der Waals surface area contributed by atoms with E-state index in [0.717, 1.165) is 11.2 Å². The van der Waals surface area contributed by atoms with Crippen molar-refractivity contribution in [2.45, 2.75) is 38.6 Å². The van der Waals surface area contributed by atoms with Crippen LogP contribution in [0.2, 0.25) is 0 Å². The van der Waals surface area contributed by atoms with E-state index in [1.807, 2.05) is 0 Å². The first kappa shape index (κ1) is 13.8. The van der Waals surface area contributed by atoms with Crippen LogP contribution in [0.4, 0.5) is 5.82 Å². The highest BCUT2D eigenvalue weighted by Gasteiger charge is 2.22. The molecule has 1 aliphatic rings. The largest absolute Gasteiger partial charge is 0.478 e. The molecular formula is C16H19N3O2. The van der Waals surface area contributed by atoms with Gasteiger partial charge in [-0.25, -0.2) is 14.8 Å². The van der Waals surface area contributed by atoms with Crippen molar-refractivity contribution in [2.75, 3.05) is 5.32 Å². The van der Waals surface area contributed by atoms with Crippen LogP contribution in [0.1, 0.15) is 43.0 Å². The maximum Gasteiger partial charge on any atom is 0.335 e. The van der Waals surface area contributed by atoms with E-state index in [2.05, 4.69) is 22.2 Å². The molecule has 1 aromatic carbocycles. The number of carbonyl (C=O) groups is 1. The average molecular weight is 285 g/mol. The zero-order chi connectivity index (χ0) is 14.8. The van der Waals surface area contributed by atoms with Gasteiger partial charge in [-0.15, -0.1) is 0 Å². The lowest BCUT2D eigenvalue weighted by Gasteiger charge is -2.21. The first-order valence-corrected chi connectivity index (χ1v) is 7.40. The van der Waals surface area contributed by atoms with Crippen molar-refractivity contribution in [3.8, 4) is 0 Å². The van der Waals surface area contributed by atoms with Crippen LogP contribution in [0, 0.1) is 5.92 Å². The quantitative estimate of drug-likeness (QED) is 0.901. The summed E-state index contributed by atoms with van der Waals surface area (Å²) >= 11 is 0. The second kappa shape index (κ2) is 5.68. The smallest absolute Gasteiger partial charge is 0.335 e. The molecule has 1 unspecified atom stereocenters. The minimum atomic E-state index is -0.940. The van der Waals surface area contributed by atoms with Crippen LogP contribution in [-0.4, -0.2) is 27.1 Å². The van der Waals surface area contributed by atoms with Crippen molar-refractivity contribution in [1.82, 2.24) is 9.97 Å². The zero-order valence-electron chi connectivity index (χ0n) is 12.0. The number of hydrogen-bond acceptors (Lipinski definition) is 4. The molecule has 2 N–H and O–H groups in total. The molecular weight excluding hydrogens is 266 g/mol. The van der Waals surface area contributed by atoms with Crippen LogP contribution in [0.15, 0.2) is 24.5 Å². The van der Waals surface area contributed by atoms with Gasteiger partial charge in [0.15, 0.2) is 0 Å². The van der Waals surface area contributed by atoms with Crippen molar-refractivity contribution < 1.29 is 9.90 Å². The molecule has 1 aliphatic carbocycles. The van der Waals surface area contributed by atoms with Crippen LogP contribution in [0.3, 0.4) is 0 Å².